The van der Waals surface area contributed by atoms with E-state index in [2.05, 4.69) is 15.5 Å². The van der Waals surface area contributed by atoms with Crippen LogP contribution in [-0.4, -0.2) is 16.2 Å². The van der Waals surface area contributed by atoms with Crippen molar-refractivity contribution < 1.29 is 0 Å². The third kappa shape index (κ3) is 2.25. The zero-order valence-corrected chi connectivity index (χ0v) is 11.3. The summed E-state index contributed by atoms with van der Waals surface area (Å²) in [6.45, 7) is 0. The van der Waals surface area contributed by atoms with Crippen molar-refractivity contribution in [2.75, 3.05) is 5.32 Å². The summed E-state index contributed by atoms with van der Waals surface area (Å²) < 4.78 is 0. The van der Waals surface area contributed by atoms with Crippen molar-refractivity contribution in [1.82, 2.24) is 10.2 Å². The maximum atomic E-state index is 6.06. The number of anilines is 1. The smallest absolute Gasteiger partial charge is 0.159 e. The topological polar surface area (TPSA) is 37.8 Å². The highest BCUT2D eigenvalue weighted by molar-refractivity contribution is 6.38. The Bertz CT molecular complexity index is 580. The summed E-state index contributed by atoms with van der Waals surface area (Å²) in [5.74, 6) is 0. The lowest BCUT2D eigenvalue weighted by molar-refractivity contribution is 0.756. The van der Waals surface area contributed by atoms with Crippen LogP contribution in [0.3, 0.4) is 0 Å². The van der Waals surface area contributed by atoms with Gasteiger partial charge in [0, 0.05) is 22.5 Å². The van der Waals surface area contributed by atoms with Gasteiger partial charge in [0.1, 0.15) is 0 Å². The third-order valence-corrected chi connectivity index (χ3v) is 3.97. The van der Waals surface area contributed by atoms with Crippen molar-refractivity contribution in [3.63, 3.8) is 0 Å². The second kappa shape index (κ2) is 4.90. The molecular weight excluding hydrogens is 269 g/mol. The monoisotopic (exact) mass is 281 g/mol. The number of halogens is 2. The molecule has 1 aromatic carbocycles. The first kappa shape index (κ1) is 12.0. The molecule has 1 heterocycles. The summed E-state index contributed by atoms with van der Waals surface area (Å²) in [5, 5.41) is 13.6. The highest BCUT2D eigenvalue weighted by atomic mass is 35.5. The Kier molecular flexibility index (Phi) is 3.27. The van der Waals surface area contributed by atoms with Crippen molar-refractivity contribution in [2.24, 2.45) is 0 Å². The summed E-state index contributed by atoms with van der Waals surface area (Å²) in [7, 11) is 0. The molecule has 18 heavy (non-hydrogen) atoms. The fourth-order valence-electron chi connectivity index (χ4n) is 2.49. The fraction of sp³-hybridized carbons (Fsp3) is 0.385. The standard InChI is InChI=1S/C13H13Cl2N3/c14-12-10-6-5-9(16-8-3-1-2-4-8)7-11(10)13(15)18-17-12/h5-8,16H,1-4H2. The summed E-state index contributed by atoms with van der Waals surface area (Å²) in [6.07, 6.45) is 5.09. The quantitative estimate of drug-likeness (QED) is 0.892. The lowest BCUT2D eigenvalue weighted by Gasteiger charge is -2.14. The van der Waals surface area contributed by atoms with Crippen molar-refractivity contribution in [2.45, 2.75) is 31.7 Å². The van der Waals surface area contributed by atoms with E-state index in [9.17, 15) is 0 Å². The molecular formula is C13H13Cl2N3. The Labute approximate surface area is 115 Å². The van der Waals surface area contributed by atoms with Crippen molar-refractivity contribution >= 4 is 39.7 Å². The van der Waals surface area contributed by atoms with E-state index < -0.39 is 0 Å². The molecule has 0 bridgehead atoms. The van der Waals surface area contributed by atoms with Gasteiger partial charge >= 0.3 is 0 Å². The second-order valence-corrected chi connectivity index (χ2v) is 5.38. The molecule has 94 valence electrons. The molecule has 0 amide bonds. The molecule has 1 aliphatic carbocycles. The highest BCUT2D eigenvalue weighted by Crippen LogP contribution is 2.30. The van der Waals surface area contributed by atoms with Gasteiger partial charge in [0.25, 0.3) is 0 Å². The SMILES string of the molecule is Clc1nnc(Cl)c2cc(NC3CCCC3)ccc12. The summed E-state index contributed by atoms with van der Waals surface area (Å²) >= 11 is 12.1. The molecule has 0 unspecified atom stereocenters. The lowest BCUT2D eigenvalue weighted by Crippen LogP contribution is -2.14. The zero-order valence-electron chi connectivity index (χ0n) is 9.79. The van der Waals surface area contributed by atoms with E-state index in [-0.39, 0.29) is 0 Å². The lowest BCUT2D eigenvalue weighted by atomic mass is 10.1. The van der Waals surface area contributed by atoms with Crippen molar-refractivity contribution in [1.29, 1.82) is 0 Å². The highest BCUT2D eigenvalue weighted by Gasteiger charge is 2.15. The van der Waals surface area contributed by atoms with E-state index in [1.54, 1.807) is 0 Å². The molecule has 0 spiro atoms. The number of hydrogen-bond donors (Lipinski definition) is 1. The van der Waals surface area contributed by atoms with Crippen LogP contribution in [0.4, 0.5) is 5.69 Å². The zero-order chi connectivity index (χ0) is 12.5. The second-order valence-electron chi connectivity index (χ2n) is 4.67. The van der Waals surface area contributed by atoms with Crippen LogP contribution in [0.1, 0.15) is 25.7 Å². The molecule has 0 atom stereocenters. The van der Waals surface area contributed by atoms with E-state index in [1.165, 1.54) is 25.7 Å². The molecule has 0 saturated heterocycles. The predicted molar refractivity (Wildman–Crippen MR) is 75.4 cm³/mol. The molecule has 1 aliphatic rings. The van der Waals surface area contributed by atoms with E-state index in [0.717, 1.165) is 16.5 Å². The molecule has 1 aromatic heterocycles. The normalized spacial score (nSPS) is 16.3. The minimum Gasteiger partial charge on any atom is -0.382 e. The molecule has 5 heteroatoms. The number of nitrogens with zero attached hydrogens (tertiary/aromatic N) is 2. The van der Waals surface area contributed by atoms with Gasteiger partial charge in [-0.25, -0.2) is 0 Å². The fourth-order valence-corrected chi connectivity index (χ4v) is 2.88. The Balaban J connectivity index is 1.97. The van der Waals surface area contributed by atoms with Gasteiger partial charge in [0.15, 0.2) is 10.3 Å². The number of aromatic nitrogens is 2. The van der Waals surface area contributed by atoms with Gasteiger partial charge in [-0.2, -0.15) is 0 Å². The average molecular weight is 282 g/mol. The maximum absolute atomic E-state index is 6.06. The molecule has 1 fully saturated rings. The molecule has 1 N–H and O–H groups in total. The molecule has 3 rings (SSSR count). The van der Waals surface area contributed by atoms with E-state index in [0.29, 0.717) is 16.3 Å². The molecule has 0 radical (unpaired) electrons. The minimum absolute atomic E-state index is 0.391. The minimum atomic E-state index is 0.391. The molecule has 0 aliphatic heterocycles. The van der Waals surface area contributed by atoms with Crippen LogP contribution in [0.2, 0.25) is 10.3 Å². The van der Waals surface area contributed by atoms with Crippen LogP contribution in [0, 0.1) is 0 Å². The largest absolute Gasteiger partial charge is 0.382 e. The van der Waals surface area contributed by atoms with E-state index in [1.807, 2.05) is 18.2 Å². The molecule has 1 saturated carbocycles. The van der Waals surface area contributed by atoms with Gasteiger partial charge in [-0.3, -0.25) is 0 Å². The van der Waals surface area contributed by atoms with Crippen LogP contribution in [0.15, 0.2) is 18.2 Å². The van der Waals surface area contributed by atoms with Crippen LogP contribution in [0.5, 0.6) is 0 Å². The van der Waals surface area contributed by atoms with Gasteiger partial charge in [-0.1, -0.05) is 36.0 Å². The first-order valence-electron chi connectivity index (χ1n) is 6.12. The van der Waals surface area contributed by atoms with Gasteiger partial charge in [-0.15, -0.1) is 10.2 Å². The number of rotatable bonds is 2. The van der Waals surface area contributed by atoms with Crippen LogP contribution >= 0.6 is 23.2 Å². The summed E-state index contributed by atoms with van der Waals surface area (Å²) in [5.41, 5.74) is 1.07. The van der Waals surface area contributed by atoms with Gasteiger partial charge < -0.3 is 5.32 Å². The number of nitrogens with one attached hydrogen (secondary N) is 1. The van der Waals surface area contributed by atoms with Crippen molar-refractivity contribution in [3.8, 4) is 0 Å². The summed E-state index contributed by atoms with van der Waals surface area (Å²) in [4.78, 5) is 0. The van der Waals surface area contributed by atoms with Gasteiger partial charge in [0.05, 0.1) is 0 Å². The molecule has 3 nitrogen and oxygen atoms in total. The Morgan fingerprint density at radius 3 is 2.39 bits per heavy atom. The van der Waals surface area contributed by atoms with Crippen LogP contribution in [0.25, 0.3) is 10.8 Å². The first-order chi connectivity index (χ1) is 8.74. The van der Waals surface area contributed by atoms with E-state index in [4.69, 9.17) is 23.2 Å². The molecule has 2 aromatic rings. The Hall–Kier alpha value is -1.06. The Morgan fingerprint density at radius 1 is 1.00 bits per heavy atom. The van der Waals surface area contributed by atoms with Gasteiger partial charge in [0.2, 0.25) is 0 Å². The van der Waals surface area contributed by atoms with E-state index >= 15 is 0 Å². The predicted octanol–water partition coefficient (Wildman–Crippen LogP) is 4.29. The first-order valence-corrected chi connectivity index (χ1v) is 6.87. The van der Waals surface area contributed by atoms with Crippen molar-refractivity contribution in [3.05, 3.63) is 28.5 Å². The number of fused-ring (bicyclic) bond motifs is 1. The third-order valence-electron chi connectivity index (χ3n) is 3.42. The number of benzene rings is 1. The van der Waals surface area contributed by atoms with Crippen LogP contribution < -0.4 is 5.32 Å². The Morgan fingerprint density at radius 2 is 1.67 bits per heavy atom. The number of hydrogen-bond acceptors (Lipinski definition) is 3. The average Bonchev–Trinajstić information content (AvgIpc) is 2.87. The summed E-state index contributed by atoms with van der Waals surface area (Å²) in [6, 6.07) is 6.53. The maximum Gasteiger partial charge on any atom is 0.159 e. The van der Waals surface area contributed by atoms with Crippen LogP contribution in [-0.2, 0) is 0 Å². The van der Waals surface area contributed by atoms with Gasteiger partial charge in [-0.05, 0) is 31.0 Å².